The third-order valence-electron chi connectivity index (χ3n) is 3.78. The Morgan fingerprint density at radius 3 is 1.68 bits per heavy atom. The number of rotatable bonds is 3. The second-order valence-corrected chi connectivity index (χ2v) is 6.89. The molecule has 0 aliphatic rings. The monoisotopic (exact) mass is 292 g/mol. The van der Waals surface area contributed by atoms with Crippen molar-refractivity contribution in [3.63, 3.8) is 0 Å². The highest BCUT2D eigenvalue weighted by Crippen LogP contribution is 2.31. The molecular formula is C20H24N2. The Labute approximate surface area is 134 Å². The smallest absolute Gasteiger partial charge is 0.187 e. The van der Waals surface area contributed by atoms with Gasteiger partial charge in [-0.1, -0.05) is 45.0 Å². The van der Waals surface area contributed by atoms with Crippen LogP contribution in [-0.4, -0.2) is 6.04 Å². The average molecular weight is 292 g/mol. The molecule has 2 aromatic rings. The van der Waals surface area contributed by atoms with Gasteiger partial charge in [0.1, 0.15) is 0 Å². The lowest BCUT2D eigenvalue weighted by Gasteiger charge is -2.30. The van der Waals surface area contributed by atoms with Crippen molar-refractivity contribution >= 4 is 17.1 Å². The van der Waals surface area contributed by atoms with Crippen LogP contribution in [0.25, 0.3) is 4.85 Å². The van der Waals surface area contributed by atoms with E-state index in [-0.39, 0.29) is 5.41 Å². The van der Waals surface area contributed by atoms with Crippen LogP contribution in [0.5, 0.6) is 0 Å². The van der Waals surface area contributed by atoms with Gasteiger partial charge in [0.2, 0.25) is 0 Å². The Morgan fingerprint density at radius 1 is 0.864 bits per heavy atom. The van der Waals surface area contributed by atoms with Crippen molar-refractivity contribution in [2.24, 2.45) is 0 Å². The molecular weight excluding hydrogens is 268 g/mol. The molecule has 0 saturated heterocycles. The zero-order valence-corrected chi connectivity index (χ0v) is 14.1. The van der Waals surface area contributed by atoms with Gasteiger partial charge in [-0.2, -0.15) is 0 Å². The second-order valence-electron chi connectivity index (χ2n) is 6.89. The molecule has 0 amide bonds. The lowest BCUT2D eigenvalue weighted by molar-refractivity contribution is 0.590. The van der Waals surface area contributed by atoms with Gasteiger partial charge >= 0.3 is 0 Å². The molecule has 0 heterocycles. The first-order chi connectivity index (χ1) is 10.3. The predicted octanol–water partition coefficient (Wildman–Crippen LogP) is 6.08. The summed E-state index contributed by atoms with van der Waals surface area (Å²) in [6.07, 6.45) is 0. The molecule has 2 rings (SSSR count). The normalized spacial score (nSPS) is 11.3. The highest BCUT2D eigenvalue weighted by atomic mass is 15.2. The van der Waals surface area contributed by atoms with Crippen molar-refractivity contribution in [3.8, 4) is 0 Å². The Balaban J connectivity index is 2.37. The van der Waals surface area contributed by atoms with Gasteiger partial charge in [-0.3, -0.25) is 0 Å². The summed E-state index contributed by atoms with van der Waals surface area (Å²) in [6, 6.07) is 16.9. The van der Waals surface area contributed by atoms with Crippen molar-refractivity contribution in [1.82, 2.24) is 0 Å². The number of anilines is 2. The van der Waals surface area contributed by atoms with Crippen LogP contribution in [0.3, 0.4) is 0 Å². The lowest BCUT2D eigenvalue weighted by Crippen LogP contribution is -2.25. The number of benzene rings is 2. The molecule has 0 aromatic heterocycles. The molecule has 0 unspecified atom stereocenters. The van der Waals surface area contributed by atoms with Crippen LogP contribution in [0.15, 0.2) is 48.5 Å². The minimum Gasteiger partial charge on any atom is -0.339 e. The van der Waals surface area contributed by atoms with Crippen molar-refractivity contribution in [1.29, 1.82) is 0 Å². The molecule has 0 saturated carbocycles. The molecule has 2 aromatic carbocycles. The summed E-state index contributed by atoms with van der Waals surface area (Å²) >= 11 is 0. The van der Waals surface area contributed by atoms with Crippen molar-refractivity contribution in [2.45, 2.75) is 46.1 Å². The van der Waals surface area contributed by atoms with E-state index in [2.05, 4.69) is 68.6 Å². The van der Waals surface area contributed by atoms with Crippen molar-refractivity contribution in [3.05, 3.63) is 65.5 Å². The largest absolute Gasteiger partial charge is 0.339 e. The van der Waals surface area contributed by atoms with Crippen LogP contribution in [0, 0.1) is 6.57 Å². The predicted molar refractivity (Wildman–Crippen MR) is 95.1 cm³/mol. The van der Waals surface area contributed by atoms with Gasteiger partial charge in [0.25, 0.3) is 0 Å². The number of nitrogens with zero attached hydrogens (tertiary/aromatic N) is 2. The first-order valence-corrected chi connectivity index (χ1v) is 7.70. The van der Waals surface area contributed by atoms with E-state index in [0.717, 1.165) is 5.69 Å². The zero-order valence-electron chi connectivity index (χ0n) is 14.1. The van der Waals surface area contributed by atoms with Crippen LogP contribution in [0.2, 0.25) is 0 Å². The van der Waals surface area contributed by atoms with Crippen molar-refractivity contribution in [2.75, 3.05) is 4.90 Å². The molecule has 2 heteroatoms. The van der Waals surface area contributed by atoms with Gasteiger partial charge in [0, 0.05) is 17.4 Å². The third-order valence-corrected chi connectivity index (χ3v) is 3.78. The van der Waals surface area contributed by atoms with Gasteiger partial charge in [0.05, 0.1) is 6.57 Å². The van der Waals surface area contributed by atoms with Gasteiger partial charge < -0.3 is 4.90 Å². The van der Waals surface area contributed by atoms with Gasteiger partial charge in [-0.25, -0.2) is 4.85 Å². The highest BCUT2D eigenvalue weighted by molar-refractivity contribution is 5.66. The lowest BCUT2D eigenvalue weighted by atomic mass is 9.87. The highest BCUT2D eigenvalue weighted by Gasteiger charge is 2.16. The van der Waals surface area contributed by atoms with Gasteiger partial charge in [-0.15, -0.1) is 0 Å². The molecule has 0 spiro atoms. The molecule has 0 radical (unpaired) electrons. The second kappa shape index (κ2) is 6.23. The number of hydrogen-bond acceptors (Lipinski definition) is 1. The van der Waals surface area contributed by atoms with Crippen LogP contribution in [0.4, 0.5) is 17.1 Å². The zero-order chi connectivity index (χ0) is 16.3. The van der Waals surface area contributed by atoms with Crippen LogP contribution in [0.1, 0.15) is 40.2 Å². The summed E-state index contributed by atoms with van der Waals surface area (Å²) in [5, 5.41) is 0. The van der Waals surface area contributed by atoms with E-state index in [1.54, 1.807) is 0 Å². The summed E-state index contributed by atoms with van der Waals surface area (Å²) in [7, 11) is 0. The van der Waals surface area contributed by atoms with E-state index < -0.39 is 0 Å². The van der Waals surface area contributed by atoms with Crippen LogP contribution >= 0.6 is 0 Å². The molecule has 0 atom stereocenters. The van der Waals surface area contributed by atoms with Crippen molar-refractivity contribution < 1.29 is 0 Å². The van der Waals surface area contributed by atoms with E-state index >= 15 is 0 Å². The summed E-state index contributed by atoms with van der Waals surface area (Å²) < 4.78 is 0. The van der Waals surface area contributed by atoms with E-state index in [9.17, 15) is 0 Å². The maximum atomic E-state index is 7.06. The first kappa shape index (κ1) is 16.1. The fourth-order valence-electron chi connectivity index (χ4n) is 2.56. The quantitative estimate of drug-likeness (QED) is 0.622. The third kappa shape index (κ3) is 3.49. The Hall–Kier alpha value is -2.27. The summed E-state index contributed by atoms with van der Waals surface area (Å²) in [6.45, 7) is 18.1. The maximum Gasteiger partial charge on any atom is 0.187 e. The Morgan fingerprint density at radius 2 is 1.32 bits per heavy atom. The Kier molecular flexibility index (Phi) is 4.56. The summed E-state index contributed by atoms with van der Waals surface area (Å²) in [5.74, 6) is 0. The molecule has 0 aliphatic carbocycles. The molecule has 22 heavy (non-hydrogen) atoms. The molecule has 0 aliphatic heterocycles. The molecule has 0 fully saturated rings. The van der Waals surface area contributed by atoms with E-state index in [4.69, 9.17) is 6.57 Å². The van der Waals surface area contributed by atoms with Crippen LogP contribution in [-0.2, 0) is 5.41 Å². The molecule has 0 N–H and O–H groups in total. The Bertz CT molecular complexity index is 653. The fourth-order valence-corrected chi connectivity index (χ4v) is 2.56. The van der Waals surface area contributed by atoms with E-state index in [1.165, 1.54) is 11.3 Å². The number of hydrogen-bond donors (Lipinski definition) is 0. The summed E-state index contributed by atoms with van der Waals surface area (Å²) in [4.78, 5) is 5.75. The fraction of sp³-hybridized carbons (Fsp3) is 0.350. The van der Waals surface area contributed by atoms with E-state index in [0.29, 0.717) is 11.7 Å². The molecule has 114 valence electrons. The average Bonchev–Trinajstić information content (AvgIpc) is 2.47. The molecule has 2 nitrogen and oxygen atoms in total. The van der Waals surface area contributed by atoms with E-state index in [1.807, 2.05) is 24.3 Å². The van der Waals surface area contributed by atoms with Gasteiger partial charge in [0.15, 0.2) is 5.69 Å². The topological polar surface area (TPSA) is 7.60 Å². The minimum atomic E-state index is 0.165. The first-order valence-electron chi connectivity index (χ1n) is 7.70. The SMILES string of the molecule is [C-]#[N+]c1ccc(N(c2ccc(C(C)(C)C)cc2)C(C)C)cc1. The minimum absolute atomic E-state index is 0.165. The standard InChI is InChI=1S/C20H24N2/c1-15(2)22(19-13-9-17(21-6)10-14-19)18-11-7-16(8-12-18)20(3,4)5/h7-15H,1-5H3. The molecule has 0 bridgehead atoms. The maximum absolute atomic E-state index is 7.06. The summed E-state index contributed by atoms with van der Waals surface area (Å²) in [5.41, 5.74) is 4.47. The van der Waals surface area contributed by atoms with Crippen LogP contribution < -0.4 is 4.90 Å². The van der Waals surface area contributed by atoms with Gasteiger partial charge in [-0.05, 0) is 49.1 Å².